The Bertz CT molecular complexity index is 1540. The van der Waals surface area contributed by atoms with Crippen LogP contribution in [0.1, 0.15) is 45.9 Å². The van der Waals surface area contributed by atoms with Crippen molar-refractivity contribution in [2.75, 3.05) is 5.32 Å². The van der Waals surface area contributed by atoms with Crippen molar-refractivity contribution in [1.29, 1.82) is 0 Å². The highest BCUT2D eigenvalue weighted by atomic mass is 19.4. The molecule has 1 fully saturated rings. The number of alkyl halides is 3. The van der Waals surface area contributed by atoms with Gasteiger partial charge in [-0.3, -0.25) is 4.79 Å². The lowest BCUT2D eigenvalue weighted by molar-refractivity contribution is -0.137. The van der Waals surface area contributed by atoms with E-state index >= 15 is 0 Å². The van der Waals surface area contributed by atoms with E-state index in [2.05, 4.69) is 15.7 Å². The molecule has 1 aliphatic rings. The lowest BCUT2D eigenvalue weighted by Gasteiger charge is -2.10. The highest BCUT2D eigenvalue weighted by molar-refractivity contribution is 6.04. The van der Waals surface area contributed by atoms with Crippen LogP contribution in [0.3, 0.4) is 0 Å². The number of phenolic OH excluding ortho intramolecular Hbond substituents is 1. The summed E-state index contributed by atoms with van der Waals surface area (Å²) >= 11 is 0. The molecule has 1 heterocycles. The minimum absolute atomic E-state index is 0.119. The Hall–Kier alpha value is -4.67. The molecule has 1 saturated carbocycles. The molecule has 4 aromatic rings. The first kappa shape index (κ1) is 26.0. The normalized spacial score (nSPS) is 13.2. The first-order valence-electron chi connectivity index (χ1n) is 12.0. The second-order valence-corrected chi connectivity index (χ2v) is 9.19. The number of nitrogens with one attached hydrogen (secondary N) is 2. The van der Waals surface area contributed by atoms with Crippen LogP contribution < -0.4 is 10.6 Å². The van der Waals surface area contributed by atoms with E-state index in [-0.39, 0.29) is 46.5 Å². The van der Waals surface area contributed by atoms with Gasteiger partial charge < -0.3 is 15.7 Å². The van der Waals surface area contributed by atoms with Gasteiger partial charge in [0, 0.05) is 29.3 Å². The predicted octanol–water partition coefficient (Wildman–Crippen LogP) is 6.30. The molecule has 3 aromatic carbocycles. The fourth-order valence-electron chi connectivity index (χ4n) is 4.07. The molecule has 1 aromatic heterocycles. The van der Waals surface area contributed by atoms with Crippen molar-refractivity contribution in [2.24, 2.45) is 0 Å². The summed E-state index contributed by atoms with van der Waals surface area (Å²) < 4.78 is 53.5. The molecule has 0 bridgehead atoms. The Morgan fingerprint density at radius 2 is 1.74 bits per heavy atom. The monoisotopic (exact) mass is 538 g/mol. The van der Waals surface area contributed by atoms with Crippen LogP contribution in [0.25, 0.3) is 11.3 Å². The zero-order valence-corrected chi connectivity index (χ0v) is 20.3. The second kappa shape index (κ2) is 10.2. The molecule has 7 nitrogen and oxygen atoms in total. The van der Waals surface area contributed by atoms with Crippen LogP contribution in [0, 0.1) is 5.82 Å². The average molecular weight is 539 g/mol. The minimum atomic E-state index is -4.59. The van der Waals surface area contributed by atoms with E-state index < -0.39 is 23.7 Å². The lowest BCUT2D eigenvalue weighted by atomic mass is 10.1. The maximum absolute atomic E-state index is 13.2. The molecule has 39 heavy (non-hydrogen) atoms. The third kappa shape index (κ3) is 5.92. The van der Waals surface area contributed by atoms with Crippen LogP contribution in [0.15, 0.2) is 72.8 Å². The maximum Gasteiger partial charge on any atom is 0.416 e. The molecule has 0 atom stereocenters. The third-order valence-electron chi connectivity index (χ3n) is 6.26. The smallest absolute Gasteiger partial charge is 0.416 e. The number of phenols is 1. The zero-order valence-electron chi connectivity index (χ0n) is 20.3. The second-order valence-electron chi connectivity index (χ2n) is 9.19. The Labute approximate surface area is 220 Å². The molecule has 1 aliphatic carbocycles. The van der Waals surface area contributed by atoms with E-state index in [1.807, 2.05) is 0 Å². The van der Waals surface area contributed by atoms with Gasteiger partial charge in [-0.05, 0) is 73.0 Å². The molecule has 200 valence electrons. The van der Waals surface area contributed by atoms with Crippen molar-refractivity contribution in [3.63, 3.8) is 0 Å². The number of hydrogen-bond donors (Lipinski definition) is 3. The summed E-state index contributed by atoms with van der Waals surface area (Å²) in [5.74, 6) is -1.19. The Morgan fingerprint density at radius 1 is 1.00 bits per heavy atom. The van der Waals surface area contributed by atoms with Crippen molar-refractivity contribution >= 4 is 17.6 Å². The SMILES string of the molecule is O=C(Nc1ccc(O)c(-c2cc(C3CC3)n(C(=O)NCc3ccc(F)cc3)n2)c1)c1cccc(C(F)(F)F)c1. The molecule has 0 unspecified atom stereocenters. The molecule has 0 saturated heterocycles. The quantitative estimate of drug-likeness (QED) is 0.198. The van der Waals surface area contributed by atoms with Gasteiger partial charge in [0.15, 0.2) is 0 Å². The fourth-order valence-corrected chi connectivity index (χ4v) is 4.07. The summed E-state index contributed by atoms with van der Waals surface area (Å²) in [5, 5.41) is 20.2. The number of benzene rings is 3. The summed E-state index contributed by atoms with van der Waals surface area (Å²) in [4.78, 5) is 25.6. The molecule has 2 amide bonds. The maximum atomic E-state index is 13.2. The standard InChI is InChI=1S/C28H22F4N4O3/c29-20-8-4-16(5-9-20)15-33-27(39)36-24(17-6-7-17)14-23(35-36)22-13-21(10-11-25(22)37)34-26(38)18-2-1-3-19(12-18)28(30,31)32/h1-5,8-14,17,37H,6-7,15H2,(H,33,39)(H,34,38). The van der Waals surface area contributed by atoms with Crippen LogP contribution in [0.5, 0.6) is 5.75 Å². The summed E-state index contributed by atoms with van der Waals surface area (Å²) in [6, 6.07) is 15.1. The van der Waals surface area contributed by atoms with Crippen LogP contribution in [-0.4, -0.2) is 26.8 Å². The van der Waals surface area contributed by atoms with E-state index in [1.165, 1.54) is 41.1 Å². The van der Waals surface area contributed by atoms with E-state index in [0.717, 1.165) is 31.0 Å². The van der Waals surface area contributed by atoms with Gasteiger partial charge in [-0.1, -0.05) is 18.2 Å². The van der Waals surface area contributed by atoms with Crippen LogP contribution in [0.2, 0.25) is 0 Å². The van der Waals surface area contributed by atoms with Gasteiger partial charge in [0.2, 0.25) is 0 Å². The Morgan fingerprint density at radius 3 is 2.44 bits per heavy atom. The van der Waals surface area contributed by atoms with Crippen molar-refractivity contribution in [2.45, 2.75) is 31.5 Å². The Balaban J connectivity index is 1.37. The first-order chi connectivity index (χ1) is 18.6. The number of rotatable bonds is 6. The molecule has 0 aliphatic heterocycles. The van der Waals surface area contributed by atoms with E-state index in [4.69, 9.17) is 0 Å². The van der Waals surface area contributed by atoms with Crippen molar-refractivity contribution in [3.8, 4) is 17.0 Å². The number of amides is 2. The van der Waals surface area contributed by atoms with E-state index in [1.54, 1.807) is 18.2 Å². The molecule has 3 N–H and O–H groups in total. The van der Waals surface area contributed by atoms with Gasteiger partial charge >= 0.3 is 12.2 Å². The highest BCUT2D eigenvalue weighted by Crippen LogP contribution is 2.42. The molecule has 0 spiro atoms. The average Bonchev–Trinajstić information content (AvgIpc) is 3.67. The summed E-state index contributed by atoms with van der Waals surface area (Å²) in [6.07, 6.45) is -2.85. The highest BCUT2D eigenvalue weighted by Gasteiger charge is 2.32. The summed E-state index contributed by atoms with van der Waals surface area (Å²) in [5.41, 5.74) is 0.945. The summed E-state index contributed by atoms with van der Waals surface area (Å²) in [7, 11) is 0. The topological polar surface area (TPSA) is 96.2 Å². The molecule has 11 heteroatoms. The van der Waals surface area contributed by atoms with Gasteiger partial charge in [0.1, 0.15) is 11.6 Å². The van der Waals surface area contributed by atoms with Gasteiger partial charge in [-0.25, -0.2) is 9.18 Å². The van der Waals surface area contributed by atoms with Crippen LogP contribution in [0.4, 0.5) is 28.0 Å². The molecular weight excluding hydrogens is 516 g/mol. The van der Waals surface area contributed by atoms with Crippen molar-refractivity contribution in [1.82, 2.24) is 15.1 Å². The van der Waals surface area contributed by atoms with E-state index in [9.17, 15) is 32.3 Å². The zero-order chi connectivity index (χ0) is 27.7. The van der Waals surface area contributed by atoms with Crippen molar-refractivity contribution in [3.05, 3.63) is 101 Å². The predicted molar refractivity (Wildman–Crippen MR) is 135 cm³/mol. The van der Waals surface area contributed by atoms with Gasteiger partial charge in [-0.2, -0.15) is 23.0 Å². The molecule has 5 rings (SSSR count). The fraction of sp³-hybridized carbons (Fsp3) is 0.179. The number of nitrogens with zero attached hydrogens (tertiary/aromatic N) is 2. The first-order valence-corrected chi connectivity index (χ1v) is 12.0. The van der Waals surface area contributed by atoms with Crippen molar-refractivity contribution < 1.29 is 32.3 Å². The lowest BCUT2D eigenvalue weighted by Crippen LogP contribution is -2.30. The number of aromatic hydroxyl groups is 1. The summed E-state index contributed by atoms with van der Waals surface area (Å²) in [6.45, 7) is 0.153. The van der Waals surface area contributed by atoms with Gasteiger partial charge in [0.05, 0.1) is 17.0 Å². The van der Waals surface area contributed by atoms with Gasteiger partial charge in [0.25, 0.3) is 5.91 Å². The number of aromatic nitrogens is 2. The number of carbonyl (C=O) groups is 2. The van der Waals surface area contributed by atoms with Crippen LogP contribution in [-0.2, 0) is 12.7 Å². The Kier molecular flexibility index (Phi) is 6.81. The van der Waals surface area contributed by atoms with Gasteiger partial charge in [-0.15, -0.1) is 0 Å². The number of anilines is 1. The molecular formula is C28H22F4N4O3. The number of halogens is 4. The largest absolute Gasteiger partial charge is 0.507 e. The minimum Gasteiger partial charge on any atom is -0.507 e. The third-order valence-corrected chi connectivity index (χ3v) is 6.26. The van der Waals surface area contributed by atoms with Crippen LogP contribution >= 0.6 is 0 Å². The number of carbonyl (C=O) groups excluding carboxylic acids is 2. The molecule has 0 radical (unpaired) electrons. The van der Waals surface area contributed by atoms with E-state index in [0.29, 0.717) is 11.3 Å². The number of hydrogen-bond acceptors (Lipinski definition) is 4.